The number of rotatable bonds is 6. The lowest BCUT2D eigenvalue weighted by molar-refractivity contribution is -0.135. The number of nitrogens with one attached hydrogen (secondary N) is 1. The van der Waals surface area contributed by atoms with Crippen molar-refractivity contribution in [2.75, 3.05) is 19.3 Å². The van der Waals surface area contributed by atoms with Crippen LogP contribution in [0.1, 0.15) is 19.3 Å². The summed E-state index contributed by atoms with van der Waals surface area (Å²) in [5, 5.41) is 5.93. The fourth-order valence-corrected chi connectivity index (χ4v) is 4.05. The van der Waals surface area contributed by atoms with E-state index in [0.717, 1.165) is 23.8 Å². The molecule has 0 aromatic carbocycles. The van der Waals surface area contributed by atoms with E-state index in [1.54, 1.807) is 11.0 Å². The van der Waals surface area contributed by atoms with Gasteiger partial charge in [0.2, 0.25) is 15.9 Å². The molecule has 0 bridgehead atoms. The Labute approximate surface area is 154 Å². The molecule has 1 saturated heterocycles. The van der Waals surface area contributed by atoms with E-state index >= 15 is 0 Å². The van der Waals surface area contributed by atoms with Crippen LogP contribution in [0.3, 0.4) is 0 Å². The number of amides is 1. The van der Waals surface area contributed by atoms with Gasteiger partial charge in [-0.1, -0.05) is 6.07 Å². The molecule has 11 heteroatoms. The molecule has 1 aliphatic rings. The Bertz CT molecular complexity index is 916. The van der Waals surface area contributed by atoms with Crippen molar-refractivity contribution in [3.05, 3.63) is 28.1 Å². The van der Waals surface area contributed by atoms with E-state index in [1.165, 1.54) is 11.3 Å². The predicted molar refractivity (Wildman–Crippen MR) is 96.3 cm³/mol. The van der Waals surface area contributed by atoms with Crippen LogP contribution in [0.15, 0.2) is 26.7 Å². The van der Waals surface area contributed by atoms with Crippen molar-refractivity contribution in [1.82, 2.24) is 19.4 Å². The zero-order chi connectivity index (χ0) is 18.7. The van der Waals surface area contributed by atoms with Gasteiger partial charge in [-0.25, -0.2) is 17.9 Å². The van der Waals surface area contributed by atoms with Crippen LogP contribution in [-0.4, -0.2) is 54.4 Å². The third kappa shape index (κ3) is 4.59. The van der Waals surface area contributed by atoms with Gasteiger partial charge in [0.25, 0.3) is 5.89 Å². The SMILES string of the molecule is CS(=O)(=O)NCC1CCCCN1C(=O)Cn1nc(-c2cccs2)oc1=O. The molecular formula is C15H20N4O5S2. The monoisotopic (exact) mass is 400 g/mol. The lowest BCUT2D eigenvalue weighted by atomic mass is 10.0. The van der Waals surface area contributed by atoms with Gasteiger partial charge in [-0.05, 0) is 30.7 Å². The Kier molecular flexibility index (Phi) is 5.58. The first-order valence-corrected chi connectivity index (χ1v) is 11.0. The number of hydrogen-bond donors (Lipinski definition) is 1. The number of likely N-dealkylation sites (tertiary alicyclic amines) is 1. The van der Waals surface area contributed by atoms with Gasteiger partial charge in [-0.3, -0.25) is 4.79 Å². The quantitative estimate of drug-likeness (QED) is 0.755. The third-order valence-corrected chi connectivity index (χ3v) is 5.70. The molecule has 3 heterocycles. The van der Waals surface area contributed by atoms with Crippen molar-refractivity contribution < 1.29 is 17.6 Å². The Morgan fingerprint density at radius 3 is 2.96 bits per heavy atom. The van der Waals surface area contributed by atoms with Crippen molar-refractivity contribution in [3.8, 4) is 10.8 Å². The average Bonchev–Trinajstić information content (AvgIpc) is 3.23. The number of aromatic nitrogens is 2. The highest BCUT2D eigenvalue weighted by Crippen LogP contribution is 2.21. The standard InChI is InChI=1S/C15H20N4O5S2/c1-26(22,23)16-9-11-5-2-3-7-18(11)13(20)10-19-15(21)24-14(17-19)12-6-4-8-25-12/h4,6,8,11,16H,2-3,5,7,9-10H2,1H3. The van der Waals surface area contributed by atoms with Crippen molar-refractivity contribution in [3.63, 3.8) is 0 Å². The van der Waals surface area contributed by atoms with Gasteiger partial charge in [-0.15, -0.1) is 16.4 Å². The molecule has 26 heavy (non-hydrogen) atoms. The minimum Gasteiger partial charge on any atom is -0.387 e. The minimum atomic E-state index is -3.33. The summed E-state index contributed by atoms with van der Waals surface area (Å²) in [5.74, 6) is -0.783. The highest BCUT2D eigenvalue weighted by Gasteiger charge is 2.28. The summed E-state index contributed by atoms with van der Waals surface area (Å²) in [6, 6.07) is 3.36. The smallest absolute Gasteiger partial charge is 0.387 e. The molecule has 1 atom stereocenters. The molecule has 0 radical (unpaired) electrons. The number of hydrogen-bond acceptors (Lipinski definition) is 7. The summed E-state index contributed by atoms with van der Waals surface area (Å²) in [5.41, 5.74) is 0. The molecule has 142 valence electrons. The lowest BCUT2D eigenvalue weighted by Gasteiger charge is -2.35. The number of carbonyl (C=O) groups is 1. The Morgan fingerprint density at radius 2 is 2.27 bits per heavy atom. The van der Waals surface area contributed by atoms with Gasteiger partial charge >= 0.3 is 5.76 Å². The largest absolute Gasteiger partial charge is 0.437 e. The molecule has 2 aromatic heterocycles. The zero-order valence-corrected chi connectivity index (χ0v) is 15.9. The minimum absolute atomic E-state index is 0.165. The number of piperidine rings is 1. The van der Waals surface area contributed by atoms with Crippen molar-refractivity contribution >= 4 is 27.3 Å². The van der Waals surface area contributed by atoms with E-state index in [4.69, 9.17) is 4.42 Å². The number of carbonyl (C=O) groups excluding carboxylic acids is 1. The average molecular weight is 400 g/mol. The molecule has 1 unspecified atom stereocenters. The molecule has 9 nitrogen and oxygen atoms in total. The number of sulfonamides is 1. The molecular weight excluding hydrogens is 380 g/mol. The summed E-state index contributed by atoms with van der Waals surface area (Å²) >= 11 is 1.39. The lowest BCUT2D eigenvalue weighted by Crippen LogP contribution is -2.50. The summed E-state index contributed by atoms with van der Waals surface area (Å²) in [6.45, 7) is 0.459. The number of thiophene rings is 1. The van der Waals surface area contributed by atoms with Crippen molar-refractivity contribution in [2.24, 2.45) is 0 Å². The van der Waals surface area contributed by atoms with Crippen LogP contribution in [0.5, 0.6) is 0 Å². The molecule has 2 aromatic rings. The highest BCUT2D eigenvalue weighted by atomic mass is 32.2. The van der Waals surface area contributed by atoms with Crippen molar-refractivity contribution in [2.45, 2.75) is 31.8 Å². The molecule has 3 rings (SSSR count). The molecule has 0 spiro atoms. The third-order valence-electron chi connectivity index (χ3n) is 4.15. The maximum atomic E-state index is 12.7. The molecule has 1 N–H and O–H groups in total. The van der Waals surface area contributed by atoms with E-state index in [1.807, 2.05) is 11.4 Å². The van der Waals surface area contributed by atoms with Crippen LogP contribution >= 0.6 is 11.3 Å². The van der Waals surface area contributed by atoms with Crippen LogP contribution in [0.25, 0.3) is 10.8 Å². The van der Waals surface area contributed by atoms with Crippen LogP contribution in [0.2, 0.25) is 0 Å². The van der Waals surface area contributed by atoms with Gasteiger partial charge < -0.3 is 9.32 Å². The second-order valence-electron chi connectivity index (χ2n) is 6.17. The predicted octanol–water partition coefficient (Wildman–Crippen LogP) is 0.495. The van der Waals surface area contributed by atoms with E-state index < -0.39 is 15.8 Å². The van der Waals surface area contributed by atoms with Crippen LogP contribution in [-0.2, 0) is 21.4 Å². The Morgan fingerprint density at radius 1 is 1.46 bits per heavy atom. The van der Waals surface area contributed by atoms with Crippen LogP contribution in [0.4, 0.5) is 0 Å². The van der Waals surface area contributed by atoms with E-state index in [-0.39, 0.29) is 30.9 Å². The van der Waals surface area contributed by atoms with E-state index in [9.17, 15) is 18.0 Å². The Balaban J connectivity index is 1.71. The summed E-state index contributed by atoms with van der Waals surface area (Å²) < 4.78 is 31.2. The Hall–Kier alpha value is -1.98. The van der Waals surface area contributed by atoms with Gasteiger partial charge in [0, 0.05) is 19.1 Å². The fourth-order valence-electron chi connectivity index (χ4n) is 2.91. The van der Waals surface area contributed by atoms with Gasteiger partial charge in [0.05, 0.1) is 11.1 Å². The van der Waals surface area contributed by atoms with E-state index in [2.05, 4.69) is 9.82 Å². The van der Waals surface area contributed by atoms with E-state index in [0.29, 0.717) is 17.8 Å². The summed E-state index contributed by atoms with van der Waals surface area (Å²) in [6.07, 6.45) is 3.56. The van der Waals surface area contributed by atoms with Gasteiger partial charge in [-0.2, -0.15) is 4.68 Å². The van der Waals surface area contributed by atoms with Gasteiger partial charge in [0.1, 0.15) is 6.54 Å². The maximum Gasteiger partial charge on any atom is 0.437 e. The summed E-state index contributed by atoms with van der Waals surface area (Å²) in [4.78, 5) is 27.0. The zero-order valence-electron chi connectivity index (χ0n) is 14.3. The van der Waals surface area contributed by atoms with Gasteiger partial charge in [0.15, 0.2) is 0 Å². The van der Waals surface area contributed by atoms with Crippen LogP contribution in [0, 0.1) is 0 Å². The van der Waals surface area contributed by atoms with Crippen LogP contribution < -0.4 is 10.5 Å². The molecule has 0 saturated carbocycles. The van der Waals surface area contributed by atoms with Crippen molar-refractivity contribution in [1.29, 1.82) is 0 Å². The molecule has 1 aliphatic heterocycles. The second-order valence-corrected chi connectivity index (χ2v) is 8.95. The fraction of sp³-hybridized carbons (Fsp3) is 0.533. The first-order valence-electron chi connectivity index (χ1n) is 8.19. The maximum absolute atomic E-state index is 12.7. The molecule has 1 fully saturated rings. The first kappa shape index (κ1) is 18.8. The summed E-state index contributed by atoms with van der Waals surface area (Å²) in [7, 11) is -3.33. The normalized spacial score (nSPS) is 18.2. The topological polar surface area (TPSA) is 115 Å². The molecule has 1 amide bonds. The second kappa shape index (κ2) is 7.72. The first-order chi connectivity index (χ1) is 12.3. The molecule has 0 aliphatic carbocycles. The number of nitrogens with zero attached hydrogens (tertiary/aromatic N) is 3. The highest BCUT2D eigenvalue weighted by molar-refractivity contribution is 7.88.